The van der Waals surface area contributed by atoms with Crippen LogP contribution in [0.4, 0.5) is 5.82 Å². The van der Waals surface area contributed by atoms with Crippen LogP contribution in [-0.2, 0) is 10.5 Å². The van der Waals surface area contributed by atoms with Crippen LogP contribution in [0.2, 0.25) is 10.0 Å². The molecule has 0 radical (unpaired) electrons. The summed E-state index contributed by atoms with van der Waals surface area (Å²) in [6.45, 7) is 5.47. The Labute approximate surface area is 190 Å². The fourth-order valence-corrected chi connectivity index (χ4v) is 5.43. The van der Waals surface area contributed by atoms with Crippen molar-refractivity contribution in [2.24, 2.45) is 0 Å². The van der Waals surface area contributed by atoms with E-state index in [0.29, 0.717) is 26.6 Å². The predicted molar refractivity (Wildman–Crippen MR) is 119 cm³/mol. The summed E-state index contributed by atoms with van der Waals surface area (Å²) in [6, 6.07) is 5.37. The van der Waals surface area contributed by atoms with Crippen molar-refractivity contribution in [1.82, 2.24) is 9.97 Å². The maximum absolute atomic E-state index is 10.4. The second kappa shape index (κ2) is 8.45. The molecule has 1 aromatic carbocycles. The Morgan fingerprint density at radius 1 is 1.17 bits per heavy atom. The molecule has 1 aromatic heterocycles. The minimum absolute atomic E-state index is 0.0278. The topological polar surface area (TPSA) is 78.7 Å². The van der Waals surface area contributed by atoms with Gasteiger partial charge in [0.25, 0.3) is 0 Å². The van der Waals surface area contributed by atoms with E-state index in [0.717, 1.165) is 50.3 Å². The Morgan fingerprint density at radius 3 is 2.53 bits per heavy atom. The van der Waals surface area contributed by atoms with Gasteiger partial charge in [-0.3, -0.25) is 0 Å². The molecule has 3 heterocycles. The average Bonchev–Trinajstić information content (AvgIpc) is 3.14. The second-order valence-corrected chi connectivity index (χ2v) is 9.90. The van der Waals surface area contributed by atoms with Crippen LogP contribution in [-0.4, -0.2) is 45.5 Å². The summed E-state index contributed by atoms with van der Waals surface area (Å²) in [5, 5.41) is 22.3. The summed E-state index contributed by atoms with van der Waals surface area (Å²) in [6.07, 6.45) is 3.99. The molecule has 0 atom stereocenters. The zero-order chi connectivity index (χ0) is 21.5. The van der Waals surface area contributed by atoms with Crippen molar-refractivity contribution in [3.63, 3.8) is 0 Å². The summed E-state index contributed by atoms with van der Waals surface area (Å²) in [4.78, 5) is 12.1. The Balaban J connectivity index is 1.65. The van der Waals surface area contributed by atoms with Gasteiger partial charge in [0.1, 0.15) is 10.7 Å². The lowest BCUT2D eigenvalue weighted by Gasteiger charge is -2.40. The van der Waals surface area contributed by atoms with Gasteiger partial charge in [-0.25, -0.2) is 9.97 Å². The van der Waals surface area contributed by atoms with Gasteiger partial charge in [-0.05, 0) is 51.7 Å². The molecule has 162 valence electrons. The zero-order valence-electron chi connectivity index (χ0n) is 17.0. The van der Waals surface area contributed by atoms with Crippen molar-refractivity contribution >= 4 is 40.8 Å². The molecule has 0 bridgehead atoms. The molecule has 9 heteroatoms. The van der Waals surface area contributed by atoms with E-state index in [2.05, 4.69) is 9.88 Å². The van der Waals surface area contributed by atoms with Gasteiger partial charge in [-0.15, -0.1) is 0 Å². The molecule has 2 fully saturated rings. The van der Waals surface area contributed by atoms with Crippen molar-refractivity contribution in [2.75, 3.05) is 24.6 Å². The number of hydrogen-bond acceptors (Lipinski definition) is 7. The minimum Gasteiger partial charge on any atom is -0.375 e. The number of anilines is 1. The third kappa shape index (κ3) is 4.42. The average molecular weight is 470 g/mol. The third-order valence-corrected chi connectivity index (χ3v) is 7.81. The molecule has 4 rings (SSSR count). The van der Waals surface area contributed by atoms with E-state index < -0.39 is 5.79 Å². The van der Waals surface area contributed by atoms with Gasteiger partial charge >= 0.3 is 0 Å². The van der Waals surface area contributed by atoms with Crippen molar-refractivity contribution < 1.29 is 14.9 Å². The van der Waals surface area contributed by atoms with Crippen molar-refractivity contribution in [1.29, 1.82) is 0 Å². The number of aliphatic hydroxyl groups is 2. The van der Waals surface area contributed by atoms with Crippen LogP contribution in [0.15, 0.2) is 28.1 Å². The van der Waals surface area contributed by atoms with Gasteiger partial charge in [0.2, 0.25) is 5.79 Å². The highest BCUT2D eigenvalue weighted by Crippen LogP contribution is 2.41. The highest BCUT2D eigenvalue weighted by Gasteiger charge is 2.40. The highest BCUT2D eigenvalue weighted by molar-refractivity contribution is 7.99. The largest absolute Gasteiger partial charge is 0.375 e. The fraction of sp³-hybridized carbons (Fsp3) is 0.524. The molecular weight excluding hydrogens is 445 g/mol. The van der Waals surface area contributed by atoms with E-state index in [1.807, 2.05) is 19.1 Å². The molecule has 2 aliphatic heterocycles. The quantitative estimate of drug-likeness (QED) is 0.635. The van der Waals surface area contributed by atoms with E-state index in [1.165, 1.54) is 18.7 Å². The first-order valence-electron chi connectivity index (χ1n) is 10.0. The second-order valence-electron chi connectivity index (χ2n) is 8.08. The first kappa shape index (κ1) is 22.1. The standard InChI is InChI=1S/C21H25Cl2N3O3S/c1-13-19(30-15-6-3-5-14(22)16(15)23)25-17(20(2,27)28)18(24-13)26-10-8-21(9-11-26)7-4-12-29-21/h3,5-6,27-28H,4,7-12H2,1-2H3. The number of benzene rings is 1. The maximum Gasteiger partial charge on any atom is 0.208 e. The molecule has 0 aliphatic carbocycles. The van der Waals surface area contributed by atoms with Gasteiger partial charge in [0.15, 0.2) is 5.82 Å². The molecule has 30 heavy (non-hydrogen) atoms. The normalized spacial score (nSPS) is 18.9. The van der Waals surface area contributed by atoms with Gasteiger partial charge in [-0.2, -0.15) is 0 Å². The lowest BCUT2D eigenvalue weighted by molar-refractivity contribution is -0.155. The first-order chi connectivity index (χ1) is 14.2. The number of aryl methyl sites for hydroxylation is 1. The number of ether oxygens (including phenoxy) is 1. The third-order valence-electron chi connectivity index (χ3n) is 5.74. The monoisotopic (exact) mass is 469 g/mol. The van der Waals surface area contributed by atoms with Crippen LogP contribution in [0, 0.1) is 6.92 Å². The predicted octanol–water partition coefficient (Wildman–Crippen LogP) is 4.55. The van der Waals surface area contributed by atoms with Crippen LogP contribution in [0.5, 0.6) is 0 Å². The van der Waals surface area contributed by atoms with Crippen LogP contribution < -0.4 is 4.90 Å². The molecule has 2 aliphatic rings. The van der Waals surface area contributed by atoms with Gasteiger partial charge in [0.05, 0.1) is 21.3 Å². The number of piperidine rings is 1. The van der Waals surface area contributed by atoms with Crippen molar-refractivity contribution in [3.05, 3.63) is 39.6 Å². The molecule has 2 aromatic rings. The first-order valence-corrected chi connectivity index (χ1v) is 11.6. The molecular formula is C21H25Cl2N3O3S. The minimum atomic E-state index is -2.12. The van der Waals surface area contributed by atoms with Crippen molar-refractivity contribution in [2.45, 2.75) is 60.8 Å². The van der Waals surface area contributed by atoms with E-state index >= 15 is 0 Å². The number of rotatable bonds is 4. The Kier molecular flexibility index (Phi) is 6.23. The zero-order valence-corrected chi connectivity index (χ0v) is 19.3. The van der Waals surface area contributed by atoms with Crippen LogP contribution >= 0.6 is 35.0 Å². The van der Waals surface area contributed by atoms with Gasteiger partial charge < -0.3 is 19.8 Å². The molecule has 0 saturated carbocycles. The SMILES string of the molecule is Cc1nc(N2CCC3(CCCO3)CC2)c(C(C)(O)O)nc1Sc1cccc(Cl)c1Cl. The van der Waals surface area contributed by atoms with Gasteiger partial charge in [-0.1, -0.05) is 41.0 Å². The fourth-order valence-electron chi connectivity index (χ4n) is 4.07. The van der Waals surface area contributed by atoms with Crippen LogP contribution in [0.3, 0.4) is 0 Å². The highest BCUT2D eigenvalue weighted by atomic mass is 35.5. The molecule has 2 saturated heterocycles. The molecule has 1 spiro atoms. The lowest BCUT2D eigenvalue weighted by Crippen LogP contribution is -2.45. The molecule has 2 N–H and O–H groups in total. The van der Waals surface area contributed by atoms with Gasteiger partial charge in [0, 0.05) is 24.6 Å². The Bertz CT molecular complexity index is 936. The maximum atomic E-state index is 10.4. The molecule has 0 amide bonds. The Hall–Kier alpha value is -1.09. The number of halogens is 2. The molecule has 6 nitrogen and oxygen atoms in total. The van der Waals surface area contributed by atoms with Crippen LogP contribution in [0.1, 0.15) is 44.0 Å². The smallest absolute Gasteiger partial charge is 0.208 e. The van der Waals surface area contributed by atoms with E-state index in [-0.39, 0.29) is 11.3 Å². The number of nitrogens with zero attached hydrogens (tertiary/aromatic N) is 3. The summed E-state index contributed by atoms with van der Waals surface area (Å²) < 4.78 is 6.01. The van der Waals surface area contributed by atoms with E-state index in [9.17, 15) is 10.2 Å². The van der Waals surface area contributed by atoms with E-state index in [1.54, 1.807) is 6.07 Å². The van der Waals surface area contributed by atoms with Crippen molar-refractivity contribution in [3.8, 4) is 0 Å². The number of hydrogen-bond donors (Lipinski definition) is 2. The Morgan fingerprint density at radius 2 is 1.90 bits per heavy atom. The van der Waals surface area contributed by atoms with E-state index in [4.69, 9.17) is 32.9 Å². The summed E-state index contributed by atoms with van der Waals surface area (Å²) in [5.41, 5.74) is 0.800. The summed E-state index contributed by atoms with van der Waals surface area (Å²) in [7, 11) is 0. The number of aromatic nitrogens is 2. The summed E-state index contributed by atoms with van der Waals surface area (Å²) >= 11 is 13.7. The lowest BCUT2D eigenvalue weighted by atomic mass is 9.88. The van der Waals surface area contributed by atoms with Crippen LogP contribution in [0.25, 0.3) is 0 Å². The summed E-state index contributed by atoms with van der Waals surface area (Å²) in [5.74, 6) is -1.61. The molecule has 0 unspecified atom stereocenters.